The van der Waals surface area contributed by atoms with E-state index < -0.39 is 141 Å². The van der Waals surface area contributed by atoms with Gasteiger partial charge in [0.1, 0.15) is 54.6 Å². The summed E-state index contributed by atoms with van der Waals surface area (Å²) in [5.41, 5.74) is 3.75. The highest BCUT2D eigenvalue weighted by molar-refractivity contribution is 7.66. The van der Waals surface area contributed by atoms with Gasteiger partial charge in [-0.05, 0) is 6.92 Å². The molecule has 0 amide bonds. The van der Waals surface area contributed by atoms with E-state index in [0.717, 1.165) is 36.6 Å². The Balaban J connectivity index is 0.939. The molecule has 3 aliphatic rings. The number of nitrogens with zero attached hydrogens (tertiary/aromatic N) is 8. The Morgan fingerprint density at radius 1 is 0.829 bits per heavy atom. The summed E-state index contributed by atoms with van der Waals surface area (Å²) < 4.78 is 114. The summed E-state index contributed by atoms with van der Waals surface area (Å²) in [6.45, 7) is -1.39. The number of aromatic amines is 2. The van der Waals surface area contributed by atoms with Gasteiger partial charge in [-0.15, -0.1) is 0 Å². The van der Waals surface area contributed by atoms with Crippen molar-refractivity contribution >= 4 is 65.4 Å². The number of methoxy groups -OCH3 is 2. The Kier molecular flexibility index (Phi) is 17.1. The molecule has 0 bridgehead atoms. The van der Waals surface area contributed by atoms with Gasteiger partial charge in [0.15, 0.2) is 30.2 Å². The number of rotatable bonds is 23. The Hall–Kier alpha value is -4.62. The maximum absolute atomic E-state index is 13.5. The number of aryl methyl sites for hydroxylation is 1. The van der Waals surface area contributed by atoms with Crippen molar-refractivity contribution in [3.05, 3.63) is 62.4 Å². The predicted molar refractivity (Wildman–Crippen MR) is 245 cm³/mol. The molecule has 16 atom stereocenters. The number of phosphoric ester groups is 3. The van der Waals surface area contributed by atoms with Crippen LogP contribution in [0.15, 0.2) is 45.6 Å². The minimum Gasteiger partial charge on any atom is -0.756 e. The fourth-order valence-electron chi connectivity index (χ4n) is 8.50. The van der Waals surface area contributed by atoms with Crippen molar-refractivity contribution in [3.8, 4) is 0 Å². The molecule has 41 heteroatoms. The van der Waals surface area contributed by atoms with E-state index in [0.29, 0.717) is 6.54 Å². The molecule has 11 N–H and O–H groups in total. The number of hydrogen-bond acceptors (Lipinski definition) is 28. The first-order valence-electron chi connectivity index (χ1n) is 22.1. The molecule has 3 saturated heterocycles. The SMILES string of the molecule is CCNc1nc2c(c(=O)[nH]1)n(C)c[n+]2[C@@H]1O[C@H](COP(=O)(O)OP(=O)(O)OP(=O)(O)OC[C@H]2O[C@@H](n3cnc4c(N)ncnc43)[C@H](OC)[C@@H]2OP(=O)([O-])OC[C@H]2O[C@@H](n3ccc(=O)[nH]c3=O)[C@H](O)[C@@H]2O)[C@@H](COC)[C@H]1O. The molecule has 0 aromatic carbocycles. The zero-order valence-electron chi connectivity index (χ0n) is 39.7. The molecule has 3 fully saturated rings. The van der Waals surface area contributed by atoms with Crippen molar-refractivity contribution in [1.82, 2.24) is 43.6 Å². The van der Waals surface area contributed by atoms with Gasteiger partial charge in [0, 0.05) is 38.9 Å². The van der Waals surface area contributed by atoms with E-state index in [1.807, 2.05) is 4.98 Å². The standard InChI is InChI=1S/C35H50N12O25P4/c1-5-37-34-42-29-21(30(52)43-34)44(2)14-47(29)31-22(49)15(8-62-3)16(67-31)9-65-74(56,57)71-76(60,61)72-75(58,59)66-11-18-25(26(63-4)33(69-18)46-13-40-20-27(36)38-12-39-28(20)46)70-73(54,55)64-10-17-23(50)24(51)32(68-17)45-7-6-19(48)41-35(45)53/h6-7,12-18,22-26,31-33,49-51H,5,8-11H2,1-4H3,(H8-,36,37,38,39,41,42,43,48,52,53,54,55,56,57,58,59,60,61)/t15-,16-,17-,18-,22-,23-,24-,25-,26-,31-,32-,33-/m1/s1. The molecule has 5 aromatic heterocycles. The fraction of sp³-hybridized carbons (Fsp3) is 0.600. The maximum Gasteiger partial charge on any atom is 0.490 e. The number of aliphatic hydroxyl groups excluding tert-OH is 3. The summed E-state index contributed by atoms with van der Waals surface area (Å²) in [5, 5.41) is 35.5. The highest BCUT2D eigenvalue weighted by Gasteiger charge is 2.53. The van der Waals surface area contributed by atoms with Gasteiger partial charge in [-0.2, -0.15) is 8.62 Å². The number of fused-ring (bicyclic) bond motifs is 2. The molecular formula is C35H50N12O25P4. The second kappa shape index (κ2) is 22.6. The van der Waals surface area contributed by atoms with E-state index in [1.54, 1.807) is 6.92 Å². The molecule has 37 nitrogen and oxygen atoms in total. The van der Waals surface area contributed by atoms with E-state index in [2.05, 4.69) is 38.9 Å². The van der Waals surface area contributed by atoms with E-state index >= 15 is 0 Å². The van der Waals surface area contributed by atoms with Gasteiger partial charge >= 0.3 is 34.8 Å². The van der Waals surface area contributed by atoms with Crippen LogP contribution in [0.3, 0.4) is 0 Å². The quantitative estimate of drug-likeness (QED) is 0.0222. The van der Waals surface area contributed by atoms with Crippen molar-refractivity contribution in [2.24, 2.45) is 13.0 Å². The zero-order valence-corrected chi connectivity index (χ0v) is 43.3. The lowest BCUT2D eigenvalue weighted by Crippen LogP contribution is -2.45. The Labute approximate surface area is 424 Å². The van der Waals surface area contributed by atoms with Crippen LogP contribution in [-0.2, 0) is 75.7 Å². The summed E-state index contributed by atoms with van der Waals surface area (Å²) in [6, 6.07) is 0.918. The van der Waals surface area contributed by atoms with Crippen LogP contribution >= 0.6 is 31.3 Å². The molecule has 8 heterocycles. The Morgan fingerprint density at radius 2 is 1.50 bits per heavy atom. The van der Waals surface area contributed by atoms with Crippen LogP contribution in [0.25, 0.3) is 22.3 Å². The van der Waals surface area contributed by atoms with Crippen LogP contribution in [0, 0.1) is 5.92 Å². The number of nitrogens with two attached hydrogens (primary N) is 1. The largest absolute Gasteiger partial charge is 0.756 e. The number of nitrogen functional groups attached to an aromatic ring is 1. The lowest BCUT2D eigenvalue weighted by atomic mass is 9.99. The number of imidazole rings is 2. The predicted octanol–water partition coefficient (Wildman–Crippen LogP) is -3.76. The van der Waals surface area contributed by atoms with Crippen LogP contribution in [-0.4, -0.2) is 170 Å². The van der Waals surface area contributed by atoms with Crippen molar-refractivity contribution in [2.45, 2.75) is 74.4 Å². The monoisotopic (exact) mass is 1160 g/mol. The van der Waals surface area contributed by atoms with Gasteiger partial charge in [-0.3, -0.25) is 46.9 Å². The van der Waals surface area contributed by atoms with Gasteiger partial charge in [-0.1, -0.05) is 4.98 Å². The average Bonchev–Trinajstić information content (AvgIpc) is 4.13. The summed E-state index contributed by atoms with van der Waals surface area (Å²) in [6.07, 6.45) is -13.5. The lowest BCUT2D eigenvalue weighted by Gasteiger charge is -2.31. The molecule has 0 saturated carbocycles. The first-order valence-corrected chi connectivity index (χ1v) is 28.1. The van der Waals surface area contributed by atoms with Crippen LogP contribution < -0.4 is 37.3 Å². The van der Waals surface area contributed by atoms with Crippen LogP contribution in [0.1, 0.15) is 25.6 Å². The van der Waals surface area contributed by atoms with Crippen molar-refractivity contribution in [1.29, 1.82) is 0 Å². The normalized spacial score (nSPS) is 30.1. The van der Waals surface area contributed by atoms with Crippen molar-refractivity contribution in [3.63, 3.8) is 0 Å². The molecule has 8 rings (SSSR count). The van der Waals surface area contributed by atoms with Gasteiger partial charge in [-0.25, -0.2) is 38.0 Å². The number of aromatic nitrogens is 10. The Bertz CT molecular complexity index is 3300. The number of hydrogen-bond donors (Lipinski definition) is 10. The molecular weight excluding hydrogens is 1110 g/mol. The third-order valence-electron chi connectivity index (χ3n) is 11.8. The highest BCUT2D eigenvalue weighted by atomic mass is 31.3. The van der Waals surface area contributed by atoms with Crippen LogP contribution in [0.2, 0.25) is 0 Å². The second-order valence-electron chi connectivity index (χ2n) is 16.8. The van der Waals surface area contributed by atoms with Crippen molar-refractivity contribution in [2.75, 3.05) is 58.2 Å². The van der Waals surface area contributed by atoms with Crippen LogP contribution in [0.5, 0.6) is 0 Å². The van der Waals surface area contributed by atoms with E-state index in [1.165, 1.54) is 34.2 Å². The Morgan fingerprint density at radius 3 is 2.16 bits per heavy atom. The zero-order chi connectivity index (χ0) is 55.2. The molecule has 5 aromatic rings. The minimum absolute atomic E-state index is 0.00382. The number of nitrogens with one attached hydrogen (secondary N) is 3. The van der Waals surface area contributed by atoms with E-state index in [9.17, 15) is 67.5 Å². The third-order valence-corrected chi connectivity index (χ3v) is 17.0. The van der Waals surface area contributed by atoms with Gasteiger partial charge < -0.3 is 78.7 Å². The summed E-state index contributed by atoms with van der Waals surface area (Å²) >= 11 is 0. The molecule has 0 radical (unpaired) electrons. The van der Waals surface area contributed by atoms with Crippen LogP contribution in [0.4, 0.5) is 11.8 Å². The maximum atomic E-state index is 13.5. The van der Waals surface area contributed by atoms with E-state index in [4.69, 9.17) is 47.5 Å². The smallest absolute Gasteiger partial charge is 0.490 e. The molecule has 4 unspecified atom stereocenters. The van der Waals surface area contributed by atoms with Gasteiger partial charge in [0.25, 0.3) is 24.9 Å². The topological polar surface area (TPSA) is 505 Å². The summed E-state index contributed by atoms with van der Waals surface area (Å²) in [5.74, 6) is -1.02. The third kappa shape index (κ3) is 12.3. The fourth-order valence-corrected chi connectivity index (χ4v) is 13.0. The minimum atomic E-state index is -6.19. The van der Waals surface area contributed by atoms with Crippen molar-refractivity contribution < 1.29 is 108 Å². The number of anilines is 2. The summed E-state index contributed by atoms with van der Waals surface area (Å²) in [7, 11) is -19.8. The number of aliphatic hydroxyl groups is 3. The summed E-state index contributed by atoms with van der Waals surface area (Å²) in [4.78, 5) is 103. The lowest BCUT2D eigenvalue weighted by molar-refractivity contribution is -0.745. The van der Waals surface area contributed by atoms with E-state index in [-0.39, 0.29) is 40.7 Å². The first-order chi connectivity index (χ1) is 35.8. The number of ether oxygens (including phenoxy) is 5. The number of H-pyrrole nitrogens is 2. The average molecular weight is 1160 g/mol. The molecule has 420 valence electrons. The second-order valence-corrected chi connectivity index (χ2v) is 22.8. The molecule has 0 aliphatic carbocycles. The first kappa shape index (κ1) is 57.6. The highest BCUT2D eigenvalue weighted by Crippen LogP contribution is 2.68. The molecule has 76 heavy (non-hydrogen) atoms. The number of phosphoric acid groups is 4. The van der Waals surface area contributed by atoms with Gasteiger partial charge in [0.2, 0.25) is 11.7 Å². The molecule has 0 spiro atoms. The van der Waals surface area contributed by atoms with Gasteiger partial charge in [0.05, 0.1) is 45.9 Å². The molecule has 3 aliphatic heterocycles.